The van der Waals surface area contributed by atoms with Crippen molar-refractivity contribution in [3.8, 4) is 0 Å². The van der Waals surface area contributed by atoms with Gasteiger partial charge in [0.2, 0.25) is 0 Å². The number of hydrogen-bond acceptors (Lipinski definition) is 2. The number of rotatable bonds is 4. The van der Waals surface area contributed by atoms with Crippen LogP contribution in [-0.4, -0.2) is 24.3 Å². The molecule has 0 aliphatic carbocycles. The maximum Gasteiger partial charge on any atom is 0.0651 e. The fraction of sp³-hybridized carbons (Fsp3) is 0.385. The number of hydrogen-bond donors (Lipinski definition) is 2. The first kappa shape index (κ1) is 11.4. The van der Waals surface area contributed by atoms with Crippen LogP contribution >= 0.6 is 12.6 Å². The minimum atomic E-state index is 0.936. The zero-order valence-corrected chi connectivity index (χ0v) is 10.7. The molecular formula is C13H18N2S. The Bertz CT molecular complexity index is 476. The van der Waals surface area contributed by atoms with Crippen LogP contribution in [0.15, 0.2) is 24.3 Å². The molecule has 2 aromatic rings. The summed E-state index contributed by atoms with van der Waals surface area (Å²) in [5, 5.41) is 1.31. The third kappa shape index (κ3) is 2.05. The van der Waals surface area contributed by atoms with Crippen molar-refractivity contribution in [2.45, 2.75) is 13.3 Å². The molecule has 0 radical (unpaired) electrons. The Morgan fingerprint density at radius 1 is 1.31 bits per heavy atom. The highest BCUT2D eigenvalue weighted by atomic mass is 32.1. The first-order chi connectivity index (χ1) is 7.74. The summed E-state index contributed by atoms with van der Waals surface area (Å²) in [6, 6.07) is 8.45. The lowest BCUT2D eigenvalue weighted by atomic mass is 10.2. The molecule has 2 nitrogen and oxygen atoms in total. The van der Waals surface area contributed by atoms with Crippen molar-refractivity contribution in [2.24, 2.45) is 0 Å². The second-order valence-electron chi connectivity index (χ2n) is 4.14. The number of aromatic nitrogens is 1. The van der Waals surface area contributed by atoms with Crippen LogP contribution in [0.1, 0.15) is 12.1 Å². The Morgan fingerprint density at radius 2 is 2.06 bits per heavy atom. The number of fused-ring (bicyclic) bond motifs is 1. The van der Waals surface area contributed by atoms with Gasteiger partial charge in [-0.15, -0.1) is 0 Å². The molecule has 0 aliphatic rings. The van der Waals surface area contributed by atoms with Crippen LogP contribution in [0.2, 0.25) is 0 Å². The van der Waals surface area contributed by atoms with E-state index < -0.39 is 0 Å². The Kier molecular flexibility index (Phi) is 3.44. The van der Waals surface area contributed by atoms with E-state index in [1.165, 1.54) is 22.3 Å². The van der Waals surface area contributed by atoms with Crippen molar-refractivity contribution in [3.63, 3.8) is 0 Å². The second-order valence-corrected chi connectivity index (χ2v) is 4.59. The van der Waals surface area contributed by atoms with E-state index in [-0.39, 0.29) is 0 Å². The highest BCUT2D eigenvalue weighted by Gasteiger charge is 2.11. The molecule has 1 aromatic heterocycles. The first-order valence-electron chi connectivity index (χ1n) is 5.63. The van der Waals surface area contributed by atoms with Crippen molar-refractivity contribution < 1.29 is 0 Å². The molecule has 0 saturated carbocycles. The van der Waals surface area contributed by atoms with E-state index in [0.29, 0.717) is 0 Å². The largest absolute Gasteiger partial charge is 0.373 e. The number of nitrogens with one attached hydrogen (secondary N) is 1. The summed E-state index contributed by atoms with van der Waals surface area (Å²) in [5.41, 5.74) is 3.77. The average molecular weight is 234 g/mol. The maximum absolute atomic E-state index is 4.26. The molecule has 16 heavy (non-hydrogen) atoms. The summed E-state index contributed by atoms with van der Waals surface area (Å²) in [6.45, 7) is 3.18. The first-order valence-corrected chi connectivity index (χ1v) is 6.26. The van der Waals surface area contributed by atoms with Crippen LogP contribution in [0.4, 0.5) is 5.69 Å². The maximum atomic E-state index is 4.26. The van der Waals surface area contributed by atoms with Crippen LogP contribution in [0, 0.1) is 6.92 Å². The minimum absolute atomic E-state index is 0.936. The summed E-state index contributed by atoms with van der Waals surface area (Å²) in [6.07, 6.45) is 1.11. The topological polar surface area (TPSA) is 19.0 Å². The van der Waals surface area contributed by atoms with E-state index >= 15 is 0 Å². The van der Waals surface area contributed by atoms with Gasteiger partial charge in [-0.3, -0.25) is 0 Å². The molecule has 86 valence electrons. The molecule has 0 aliphatic heterocycles. The molecule has 0 atom stereocenters. The van der Waals surface area contributed by atoms with E-state index in [1.807, 2.05) is 0 Å². The molecule has 1 N–H and O–H groups in total. The van der Waals surface area contributed by atoms with Crippen molar-refractivity contribution >= 4 is 29.2 Å². The van der Waals surface area contributed by atoms with E-state index in [9.17, 15) is 0 Å². The third-order valence-corrected chi connectivity index (χ3v) is 3.21. The van der Waals surface area contributed by atoms with E-state index in [1.54, 1.807) is 0 Å². The van der Waals surface area contributed by atoms with Crippen molar-refractivity contribution in [1.82, 2.24) is 4.98 Å². The fourth-order valence-corrected chi connectivity index (χ4v) is 2.31. The van der Waals surface area contributed by atoms with Crippen LogP contribution in [0.3, 0.4) is 0 Å². The zero-order chi connectivity index (χ0) is 11.5. The summed E-state index contributed by atoms with van der Waals surface area (Å²) < 4.78 is 0. The van der Waals surface area contributed by atoms with Gasteiger partial charge in [0.25, 0.3) is 0 Å². The lowest BCUT2D eigenvalue weighted by Crippen LogP contribution is -2.19. The number of anilines is 1. The van der Waals surface area contributed by atoms with Gasteiger partial charge in [0.05, 0.1) is 5.69 Å². The average Bonchev–Trinajstić information content (AvgIpc) is 2.62. The van der Waals surface area contributed by atoms with Gasteiger partial charge < -0.3 is 9.88 Å². The molecule has 1 aromatic carbocycles. The smallest absolute Gasteiger partial charge is 0.0651 e. The number of benzene rings is 1. The van der Waals surface area contributed by atoms with E-state index in [4.69, 9.17) is 0 Å². The normalized spacial score (nSPS) is 10.9. The van der Waals surface area contributed by atoms with Gasteiger partial charge in [-0.1, -0.05) is 18.2 Å². The Morgan fingerprint density at radius 3 is 2.81 bits per heavy atom. The quantitative estimate of drug-likeness (QED) is 0.778. The van der Waals surface area contributed by atoms with Crippen LogP contribution in [0.5, 0.6) is 0 Å². The summed E-state index contributed by atoms with van der Waals surface area (Å²) in [4.78, 5) is 5.73. The molecular weight excluding hydrogens is 216 g/mol. The minimum Gasteiger partial charge on any atom is -0.373 e. The van der Waals surface area contributed by atoms with Gasteiger partial charge in [0.15, 0.2) is 0 Å². The number of thiol groups is 1. The zero-order valence-electron chi connectivity index (χ0n) is 9.83. The van der Waals surface area contributed by atoms with Gasteiger partial charge in [-0.2, -0.15) is 12.6 Å². The lowest BCUT2D eigenvalue weighted by Gasteiger charge is -2.19. The summed E-state index contributed by atoms with van der Waals surface area (Å²) >= 11 is 4.26. The molecule has 0 spiro atoms. The Hall–Kier alpha value is -1.09. The number of nitrogens with zero attached hydrogens (tertiary/aromatic N) is 1. The van der Waals surface area contributed by atoms with E-state index in [0.717, 1.165) is 18.7 Å². The number of aromatic amines is 1. The third-order valence-electron chi connectivity index (χ3n) is 2.89. The summed E-state index contributed by atoms with van der Waals surface area (Å²) in [5.74, 6) is 0.936. The van der Waals surface area contributed by atoms with Crippen LogP contribution in [-0.2, 0) is 0 Å². The molecule has 0 fully saturated rings. The second kappa shape index (κ2) is 4.83. The van der Waals surface area contributed by atoms with Gasteiger partial charge in [0.1, 0.15) is 0 Å². The van der Waals surface area contributed by atoms with Crippen molar-refractivity contribution in [2.75, 3.05) is 24.2 Å². The Balaban J connectivity index is 2.38. The predicted molar refractivity (Wildman–Crippen MR) is 74.8 cm³/mol. The monoisotopic (exact) mass is 234 g/mol. The molecule has 2 rings (SSSR count). The van der Waals surface area contributed by atoms with Gasteiger partial charge in [0, 0.05) is 30.2 Å². The van der Waals surface area contributed by atoms with Crippen molar-refractivity contribution in [1.29, 1.82) is 0 Å². The number of aryl methyl sites for hydroxylation is 1. The molecule has 1 heterocycles. The highest BCUT2D eigenvalue weighted by molar-refractivity contribution is 7.80. The standard InChI is InChI=1S/C13H18N2S/c1-10-13(15(2)8-5-9-16)11-6-3-4-7-12(11)14-10/h3-4,6-7,14,16H,5,8-9H2,1-2H3. The van der Waals surface area contributed by atoms with Crippen LogP contribution in [0.25, 0.3) is 10.9 Å². The highest BCUT2D eigenvalue weighted by Crippen LogP contribution is 2.29. The van der Waals surface area contributed by atoms with Gasteiger partial charge in [-0.05, 0) is 25.2 Å². The molecule has 3 heteroatoms. The van der Waals surface area contributed by atoms with E-state index in [2.05, 4.69) is 60.7 Å². The Labute approximate surface area is 102 Å². The summed E-state index contributed by atoms with van der Waals surface area (Å²) in [7, 11) is 2.14. The van der Waals surface area contributed by atoms with Crippen LogP contribution < -0.4 is 4.90 Å². The predicted octanol–water partition coefficient (Wildman–Crippen LogP) is 3.23. The van der Waals surface area contributed by atoms with Gasteiger partial charge in [-0.25, -0.2) is 0 Å². The van der Waals surface area contributed by atoms with Gasteiger partial charge >= 0.3 is 0 Å². The number of para-hydroxylation sites is 1. The lowest BCUT2D eigenvalue weighted by molar-refractivity contribution is 0.860. The molecule has 0 unspecified atom stereocenters. The number of H-pyrrole nitrogens is 1. The SMILES string of the molecule is Cc1[nH]c2ccccc2c1N(C)CCCS. The van der Waals surface area contributed by atoms with Crippen molar-refractivity contribution in [3.05, 3.63) is 30.0 Å². The molecule has 0 bridgehead atoms. The molecule has 0 saturated heterocycles. The molecule has 0 amide bonds. The fourth-order valence-electron chi connectivity index (χ4n) is 2.17.